The number of benzene rings is 1. The molecule has 0 unspecified atom stereocenters. The maximum atomic E-state index is 13.6. The summed E-state index contributed by atoms with van der Waals surface area (Å²) < 4.78 is 28.6. The first-order valence-electron chi connectivity index (χ1n) is 6.27. The highest BCUT2D eigenvalue weighted by atomic mass is 19.3. The first-order chi connectivity index (χ1) is 9.91. The fourth-order valence-electron chi connectivity index (χ4n) is 2.56. The summed E-state index contributed by atoms with van der Waals surface area (Å²) in [7, 11) is 0. The van der Waals surface area contributed by atoms with E-state index in [1.54, 1.807) is 24.3 Å². The predicted octanol–water partition coefficient (Wildman–Crippen LogP) is 1.69. The Bertz CT molecular complexity index is 787. The highest BCUT2D eigenvalue weighted by Crippen LogP contribution is 2.37. The third-order valence-electron chi connectivity index (χ3n) is 3.44. The highest BCUT2D eigenvalue weighted by molar-refractivity contribution is 5.93. The first-order valence-corrected chi connectivity index (χ1v) is 6.27. The summed E-state index contributed by atoms with van der Waals surface area (Å²) in [5.41, 5.74) is 6.79. The van der Waals surface area contributed by atoms with E-state index < -0.39 is 24.7 Å². The van der Waals surface area contributed by atoms with Crippen LogP contribution in [0.5, 0.6) is 0 Å². The van der Waals surface area contributed by atoms with Gasteiger partial charge in [-0.2, -0.15) is 5.10 Å². The lowest BCUT2D eigenvalue weighted by Crippen LogP contribution is -2.20. The van der Waals surface area contributed by atoms with Gasteiger partial charge >= 0.3 is 0 Å². The van der Waals surface area contributed by atoms with Crippen molar-refractivity contribution >= 4 is 5.91 Å². The molecule has 0 bridgehead atoms. The van der Waals surface area contributed by atoms with E-state index in [-0.39, 0.29) is 11.3 Å². The van der Waals surface area contributed by atoms with Crippen LogP contribution >= 0.6 is 0 Å². The number of halogens is 2. The van der Waals surface area contributed by atoms with Crippen molar-refractivity contribution in [3.63, 3.8) is 0 Å². The molecule has 0 fully saturated rings. The smallest absolute Gasteiger partial charge is 0.269 e. The van der Waals surface area contributed by atoms with E-state index in [2.05, 4.69) is 11.0 Å². The fourth-order valence-corrected chi connectivity index (χ4v) is 2.56. The molecule has 0 saturated carbocycles. The van der Waals surface area contributed by atoms with E-state index in [1.165, 1.54) is 4.68 Å². The van der Waals surface area contributed by atoms with Crippen molar-refractivity contribution in [2.45, 2.75) is 18.8 Å². The van der Waals surface area contributed by atoms with Gasteiger partial charge in [0.15, 0.2) is 5.69 Å². The molecular formula is C15H11F2N3O. The Hall–Kier alpha value is -2.68. The van der Waals surface area contributed by atoms with Crippen LogP contribution in [0.1, 0.15) is 27.3 Å². The molecule has 21 heavy (non-hydrogen) atoms. The summed E-state index contributed by atoms with van der Waals surface area (Å²) >= 11 is 0. The van der Waals surface area contributed by atoms with E-state index in [9.17, 15) is 13.6 Å². The molecule has 0 radical (unpaired) electrons. The fraction of sp³-hybridized carbons (Fsp3) is 0.200. The molecule has 0 aliphatic heterocycles. The second kappa shape index (κ2) is 4.42. The van der Waals surface area contributed by atoms with Crippen LogP contribution in [0.15, 0.2) is 24.3 Å². The average Bonchev–Trinajstić information content (AvgIpc) is 2.91. The Balaban J connectivity index is 2.19. The molecule has 1 aliphatic rings. The number of carbonyl (C=O) groups excluding carboxylic acids is 1. The molecule has 1 aromatic carbocycles. The minimum Gasteiger partial charge on any atom is -0.364 e. The van der Waals surface area contributed by atoms with Gasteiger partial charge in [0.2, 0.25) is 0 Å². The van der Waals surface area contributed by atoms with Gasteiger partial charge in [-0.1, -0.05) is 12.0 Å². The number of hydrogen-bond donors (Lipinski definition) is 1. The molecule has 2 aromatic rings. The summed E-state index contributed by atoms with van der Waals surface area (Å²) in [6.45, 7) is 0. The lowest BCUT2D eigenvalue weighted by molar-refractivity contribution is 0.0116. The lowest BCUT2D eigenvalue weighted by atomic mass is 10.2. The quantitative estimate of drug-likeness (QED) is 0.854. The van der Waals surface area contributed by atoms with Gasteiger partial charge in [0.25, 0.3) is 11.8 Å². The van der Waals surface area contributed by atoms with Gasteiger partial charge in [-0.25, -0.2) is 13.5 Å². The summed E-state index contributed by atoms with van der Waals surface area (Å²) in [5, 5.41) is 4.08. The Morgan fingerprint density at radius 1 is 1.43 bits per heavy atom. The number of hydrogen-bond acceptors (Lipinski definition) is 2. The number of nitrogens with zero attached hydrogens (tertiary/aromatic N) is 2. The van der Waals surface area contributed by atoms with Crippen molar-refractivity contribution in [2.75, 3.05) is 0 Å². The molecule has 1 amide bonds. The average molecular weight is 287 g/mol. The maximum Gasteiger partial charge on any atom is 0.269 e. The largest absolute Gasteiger partial charge is 0.364 e. The maximum absolute atomic E-state index is 13.6. The van der Waals surface area contributed by atoms with E-state index in [4.69, 9.17) is 12.2 Å². The summed E-state index contributed by atoms with van der Waals surface area (Å²) in [6, 6.07) is 6.76. The minimum absolute atomic E-state index is 0.103. The number of amides is 1. The van der Waals surface area contributed by atoms with Crippen LogP contribution in [0.4, 0.5) is 8.78 Å². The SMILES string of the molecule is C#Cc1cccc(-n2nc(C(N)=O)c3c2CC(F)(F)C3)c1. The zero-order valence-electron chi connectivity index (χ0n) is 10.9. The number of rotatable bonds is 2. The second-order valence-corrected chi connectivity index (χ2v) is 4.95. The van der Waals surface area contributed by atoms with Crippen molar-refractivity contribution in [1.82, 2.24) is 9.78 Å². The molecule has 1 aromatic heterocycles. The van der Waals surface area contributed by atoms with Gasteiger partial charge in [-0.15, -0.1) is 6.42 Å². The van der Waals surface area contributed by atoms with Crippen LogP contribution in [0, 0.1) is 12.3 Å². The minimum atomic E-state index is -2.89. The number of alkyl halides is 2. The van der Waals surface area contributed by atoms with Crippen LogP contribution < -0.4 is 5.73 Å². The standard InChI is InChI=1S/C15H11F2N3O/c1-2-9-4-3-5-10(6-9)20-12-8-15(16,17)7-11(12)13(19-20)14(18)21/h1,3-6H,7-8H2,(H2,18,21). The number of aromatic nitrogens is 2. The molecule has 4 nitrogen and oxygen atoms in total. The predicted molar refractivity (Wildman–Crippen MR) is 72.4 cm³/mol. The molecule has 0 atom stereocenters. The first kappa shape index (κ1) is 13.3. The number of nitrogens with two attached hydrogens (primary N) is 1. The highest BCUT2D eigenvalue weighted by Gasteiger charge is 2.43. The van der Waals surface area contributed by atoms with E-state index in [0.29, 0.717) is 16.9 Å². The zero-order chi connectivity index (χ0) is 15.2. The van der Waals surface area contributed by atoms with Gasteiger partial charge in [0.1, 0.15) is 0 Å². The monoisotopic (exact) mass is 287 g/mol. The van der Waals surface area contributed by atoms with Gasteiger partial charge in [-0.05, 0) is 18.2 Å². The molecular weight excluding hydrogens is 276 g/mol. The van der Waals surface area contributed by atoms with Crippen LogP contribution in [0.25, 0.3) is 5.69 Å². The topological polar surface area (TPSA) is 60.9 Å². The molecule has 1 heterocycles. The number of primary amides is 1. The summed E-state index contributed by atoms with van der Waals surface area (Å²) in [5.74, 6) is -1.23. The van der Waals surface area contributed by atoms with E-state index >= 15 is 0 Å². The second-order valence-electron chi connectivity index (χ2n) is 4.95. The van der Waals surface area contributed by atoms with Gasteiger partial charge < -0.3 is 5.73 Å². The normalized spacial score (nSPS) is 15.5. The van der Waals surface area contributed by atoms with Crippen molar-refractivity contribution < 1.29 is 13.6 Å². The zero-order valence-corrected chi connectivity index (χ0v) is 10.9. The summed E-state index contributed by atoms with van der Waals surface area (Å²) in [6.07, 6.45) is 4.34. The Morgan fingerprint density at radius 3 is 2.86 bits per heavy atom. The van der Waals surface area contributed by atoms with E-state index in [0.717, 1.165) is 0 Å². The van der Waals surface area contributed by atoms with Crippen molar-refractivity contribution in [2.24, 2.45) is 5.73 Å². The Labute approximate surface area is 119 Å². The Kier molecular flexibility index (Phi) is 2.80. The van der Waals surface area contributed by atoms with Crippen molar-refractivity contribution in [1.29, 1.82) is 0 Å². The van der Waals surface area contributed by atoms with Crippen molar-refractivity contribution in [3.8, 4) is 18.0 Å². The van der Waals surface area contributed by atoms with Crippen LogP contribution in [0.2, 0.25) is 0 Å². The van der Waals surface area contributed by atoms with Crippen LogP contribution in [-0.2, 0) is 12.8 Å². The van der Waals surface area contributed by atoms with Crippen LogP contribution in [0.3, 0.4) is 0 Å². The third-order valence-corrected chi connectivity index (χ3v) is 3.44. The van der Waals surface area contributed by atoms with E-state index in [1.807, 2.05) is 0 Å². The molecule has 106 valence electrons. The molecule has 3 rings (SSSR count). The summed E-state index contributed by atoms with van der Waals surface area (Å²) in [4.78, 5) is 11.4. The van der Waals surface area contributed by atoms with Gasteiger partial charge in [-0.3, -0.25) is 4.79 Å². The molecule has 0 spiro atoms. The van der Waals surface area contributed by atoms with Gasteiger partial charge in [0, 0.05) is 17.5 Å². The third kappa shape index (κ3) is 2.17. The van der Waals surface area contributed by atoms with Crippen LogP contribution in [-0.4, -0.2) is 21.6 Å². The Morgan fingerprint density at radius 2 is 2.19 bits per heavy atom. The van der Waals surface area contributed by atoms with Crippen molar-refractivity contribution in [3.05, 3.63) is 46.8 Å². The molecule has 1 aliphatic carbocycles. The number of fused-ring (bicyclic) bond motifs is 1. The molecule has 2 N–H and O–H groups in total. The molecule has 0 saturated heterocycles. The van der Waals surface area contributed by atoms with Gasteiger partial charge in [0.05, 0.1) is 17.8 Å². The molecule has 6 heteroatoms. The lowest BCUT2D eigenvalue weighted by Gasteiger charge is -2.09. The number of carbonyl (C=O) groups is 1. The number of terminal acetylenes is 1.